The van der Waals surface area contributed by atoms with Crippen LogP contribution in [-0.2, 0) is 12.0 Å². The van der Waals surface area contributed by atoms with Crippen LogP contribution in [0.3, 0.4) is 0 Å². The van der Waals surface area contributed by atoms with Gasteiger partial charge in [-0.15, -0.1) is 0 Å². The summed E-state index contributed by atoms with van der Waals surface area (Å²) >= 11 is 0. The zero-order valence-electron chi connectivity index (χ0n) is 27.7. The second-order valence-electron chi connectivity index (χ2n) is 12.7. The average molecular weight is 653 g/mol. The summed E-state index contributed by atoms with van der Waals surface area (Å²) in [6.07, 6.45) is 3.57. The van der Waals surface area contributed by atoms with Crippen LogP contribution in [0.2, 0.25) is 0 Å². The van der Waals surface area contributed by atoms with E-state index in [-0.39, 0.29) is 17.6 Å². The molecule has 3 heterocycles. The van der Waals surface area contributed by atoms with Crippen LogP contribution < -0.4 is 5.32 Å². The van der Waals surface area contributed by atoms with E-state index in [4.69, 9.17) is 10.1 Å². The number of hydrogen-bond acceptors (Lipinski definition) is 4. The fourth-order valence-corrected chi connectivity index (χ4v) is 7.02. The lowest BCUT2D eigenvalue weighted by Gasteiger charge is -2.36. The Morgan fingerprint density at radius 1 is 0.760 bits per heavy atom. The SMILES string of the molecule is C[C@@H](CNC(=O)c1nc2cc3c(-c4ccncc4)nn(CC(c4ccccc4)(c4ccccc4)c4ccccc4)c3cc2[nH]1)c1ccccc1. The molecule has 0 aliphatic carbocycles. The lowest BCUT2D eigenvalue weighted by Crippen LogP contribution is -2.35. The highest BCUT2D eigenvalue weighted by Crippen LogP contribution is 2.42. The van der Waals surface area contributed by atoms with Crippen molar-refractivity contribution in [1.82, 2.24) is 30.0 Å². The van der Waals surface area contributed by atoms with E-state index >= 15 is 0 Å². The summed E-state index contributed by atoms with van der Waals surface area (Å²) < 4.78 is 2.11. The Kier molecular flexibility index (Phi) is 8.22. The van der Waals surface area contributed by atoms with Gasteiger partial charge in [-0.2, -0.15) is 5.10 Å². The summed E-state index contributed by atoms with van der Waals surface area (Å²) in [5.74, 6) is 0.213. The molecule has 0 unspecified atom stereocenters. The number of hydrogen-bond donors (Lipinski definition) is 2. The molecule has 0 saturated heterocycles. The minimum Gasteiger partial charge on any atom is -0.349 e. The lowest BCUT2D eigenvalue weighted by atomic mass is 9.69. The molecular formula is C43H36N6O. The number of amides is 1. The molecule has 0 spiro atoms. The number of imidazole rings is 1. The summed E-state index contributed by atoms with van der Waals surface area (Å²) in [7, 11) is 0. The first-order valence-corrected chi connectivity index (χ1v) is 16.9. The molecule has 0 aliphatic rings. The third-order valence-corrected chi connectivity index (χ3v) is 9.65. The number of aromatic amines is 1. The Hall–Kier alpha value is -6.34. The van der Waals surface area contributed by atoms with Crippen molar-refractivity contribution >= 4 is 27.8 Å². The number of pyridine rings is 1. The molecule has 8 aromatic rings. The van der Waals surface area contributed by atoms with Gasteiger partial charge in [-0.25, -0.2) is 4.98 Å². The maximum atomic E-state index is 13.4. The zero-order valence-corrected chi connectivity index (χ0v) is 27.7. The Morgan fingerprint density at radius 2 is 1.32 bits per heavy atom. The maximum absolute atomic E-state index is 13.4. The van der Waals surface area contributed by atoms with Crippen molar-refractivity contribution < 1.29 is 4.79 Å². The van der Waals surface area contributed by atoms with Gasteiger partial charge in [0.25, 0.3) is 5.91 Å². The molecule has 0 radical (unpaired) electrons. The van der Waals surface area contributed by atoms with Crippen LogP contribution in [-0.4, -0.2) is 37.2 Å². The second-order valence-corrected chi connectivity index (χ2v) is 12.7. The molecule has 50 heavy (non-hydrogen) atoms. The number of carbonyl (C=O) groups excluding carboxylic acids is 1. The Balaban J connectivity index is 1.26. The number of nitrogens with one attached hydrogen (secondary N) is 2. The van der Waals surface area contributed by atoms with Crippen molar-refractivity contribution in [2.45, 2.75) is 24.8 Å². The molecule has 5 aromatic carbocycles. The summed E-state index contributed by atoms with van der Waals surface area (Å²) in [6, 6.07) is 50.2. The highest BCUT2D eigenvalue weighted by molar-refractivity contribution is 6.03. The fraction of sp³-hybridized carbons (Fsp3) is 0.116. The molecule has 1 atom stereocenters. The van der Waals surface area contributed by atoms with Gasteiger partial charge in [-0.05, 0) is 52.4 Å². The number of aromatic nitrogens is 5. The van der Waals surface area contributed by atoms with Crippen LogP contribution in [0.4, 0.5) is 0 Å². The van der Waals surface area contributed by atoms with Gasteiger partial charge in [0.15, 0.2) is 5.82 Å². The number of H-pyrrole nitrogens is 1. The van der Waals surface area contributed by atoms with Gasteiger partial charge < -0.3 is 10.3 Å². The molecular weight excluding hydrogens is 617 g/mol. The minimum absolute atomic E-state index is 0.167. The Bertz CT molecular complexity index is 2270. The standard InChI is InChI=1S/C43H36N6O/c1-30(31-14-6-2-7-15-31)28-45-42(50)41-46-37-26-36-39(27-38(37)47-41)49(48-40(36)32-22-24-44-25-23-32)29-43(33-16-8-3-9-17-33,34-18-10-4-11-19-34)35-20-12-5-13-21-35/h2-27,30H,28-29H2,1H3,(H,45,50)(H,46,47)/t30-/m0/s1. The predicted molar refractivity (Wildman–Crippen MR) is 199 cm³/mol. The topological polar surface area (TPSA) is 88.5 Å². The van der Waals surface area contributed by atoms with Gasteiger partial charge in [0.05, 0.1) is 28.5 Å². The average Bonchev–Trinajstić information content (AvgIpc) is 3.77. The van der Waals surface area contributed by atoms with Gasteiger partial charge in [0, 0.05) is 29.9 Å². The van der Waals surface area contributed by atoms with Crippen molar-refractivity contribution in [3.8, 4) is 11.3 Å². The van der Waals surface area contributed by atoms with E-state index in [1.165, 1.54) is 5.56 Å². The molecule has 1 amide bonds. The molecule has 7 nitrogen and oxygen atoms in total. The van der Waals surface area contributed by atoms with E-state index in [9.17, 15) is 4.79 Å². The largest absolute Gasteiger partial charge is 0.349 e. The molecule has 0 saturated carbocycles. The van der Waals surface area contributed by atoms with Gasteiger partial charge in [0.1, 0.15) is 5.69 Å². The fourth-order valence-electron chi connectivity index (χ4n) is 7.02. The normalized spacial score (nSPS) is 12.3. The first-order valence-electron chi connectivity index (χ1n) is 16.9. The van der Waals surface area contributed by atoms with Crippen molar-refractivity contribution in [1.29, 1.82) is 0 Å². The molecule has 3 aromatic heterocycles. The molecule has 8 rings (SSSR count). The predicted octanol–water partition coefficient (Wildman–Crippen LogP) is 8.54. The molecule has 0 bridgehead atoms. The molecule has 244 valence electrons. The third kappa shape index (κ3) is 5.73. The molecule has 7 heteroatoms. The smallest absolute Gasteiger partial charge is 0.287 e. The van der Waals surface area contributed by atoms with Gasteiger partial charge in [-0.1, -0.05) is 128 Å². The van der Waals surface area contributed by atoms with Gasteiger partial charge in [0.2, 0.25) is 0 Å². The third-order valence-electron chi connectivity index (χ3n) is 9.65. The molecule has 0 fully saturated rings. The highest BCUT2D eigenvalue weighted by Gasteiger charge is 2.38. The summed E-state index contributed by atoms with van der Waals surface area (Å²) in [6.45, 7) is 3.13. The van der Waals surface area contributed by atoms with E-state index in [2.05, 4.69) is 136 Å². The van der Waals surface area contributed by atoms with Crippen molar-refractivity contribution in [2.24, 2.45) is 0 Å². The number of carbonyl (C=O) groups is 1. The van der Waals surface area contributed by atoms with Gasteiger partial charge >= 0.3 is 0 Å². The minimum atomic E-state index is -0.568. The Labute approximate surface area is 290 Å². The molecule has 0 aliphatic heterocycles. The van der Waals surface area contributed by atoms with E-state index in [1.807, 2.05) is 36.4 Å². The number of nitrogens with zero attached hydrogens (tertiary/aromatic N) is 4. The van der Waals surface area contributed by atoms with Gasteiger partial charge in [-0.3, -0.25) is 14.5 Å². The Morgan fingerprint density at radius 3 is 1.90 bits per heavy atom. The van der Waals surface area contributed by atoms with Crippen LogP contribution in [0, 0.1) is 0 Å². The molecule has 2 N–H and O–H groups in total. The number of rotatable bonds is 10. The first-order chi connectivity index (χ1) is 24.6. The highest BCUT2D eigenvalue weighted by atomic mass is 16.2. The quantitative estimate of drug-likeness (QED) is 0.145. The summed E-state index contributed by atoms with van der Waals surface area (Å²) in [5, 5.41) is 9.34. The second kappa shape index (κ2) is 13.3. The van der Waals surface area contributed by atoms with Crippen molar-refractivity contribution in [3.63, 3.8) is 0 Å². The van der Waals surface area contributed by atoms with Crippen LogP contribution in [0.25, 0.3) is 33.2 Å². The van der Waals surface area contributed by atoms with E-state index < -0.39 is 5.41 Å². The summed E-state index contributed by atoms with van der Waals surface area (Å²) in [4.78, 5) is 25.7. The monoisotopic (exact) mass is 652 g/mol. The number of fused-ring (bicyclic) bond motifs is 2. The maximum Gasteiger partial charge on any atom is 0.287 e. The van der Waals surface area contributed by atoms with Crippen molar-refractivity contribution in [2.75, 3.05) is 6.54 Å². The van der Waals surface area contributed by atoms with Crippen molar-refractivity contribution in [3.05, 3.63) is 186 Å². The van der Waals surface area contributed by atoms with Crippen LogP contribution in [0.15, 0.2) is 158 Å². The zero-order chi connectivity index (χ0) is 33.9. The lowest BCUT2D eigenvalue weighted by molar-refractivity contribution is 0.0942. The van der Waals surface area contributed by atoms with Crippen LogP contribution >= 0.6 is 0 Å². The number of benzene rings is 5. The van der Waals surface area contributed by atoms with Crippen LogP contribution in [0.5, 0.6) is 0 Å². The van der Waals surface area contributed by atoms with Crippen LogP contribution in [0.1, 0.15) is 45.7 Å². The first kappa shape index (κ1) is 31.0. The van der Waals surface area contributed by atoms with E-state index in [1.54, 1.807) is 12.4 Å². The van der Waals surface area contributed by atoms with E-state index in [0.29, 0.717) is 18.6 Å². The van der Waals surface area contributed by atoms with E-state index in [0.717, 1.165) is 44.4 Å². The summed E-state index contributed by atoms with van der Waals surface area (Å²) in [5.41, 5.74) is 8.30.